The van der Waals surface area contributed by atoms with Gasteiger partial charge in [-0.2, -0.15) is 0 Å². The molecule has 5 heterocycles. The minimum Gasteiger partial charge on any atom is -0.459 e. The number of morpholine rings is 1. The number of thiophene rings is 2. The Hall–Kier alpha value is -1.25. The van der Waals surface area contributed by atoms with Gasteiger partial charge in [-0.25, -0.2) is 4.79 Å². The van der Waals surface area contributed by atoms with Gasteiger partial charge in [-0.15, -0.1) is 22.7 Å². The first-order valence-electron chi connectivity index (χ1n) is 8.92. The lowest BCUT2D eigenvalue weighted by atomic mass is 9.95. The van der Waals surface area contributed by atoms with Crippen LogP contribution < -0.4 is 0 Å². The number of hydrogen-bond donors (Lipinski definition) is 1. The molecule has 138 valence electrons. The van der Waals surface area contributed by atoms with Crippen LogP contribution in [0.1, 0.15) is 22.6 Å². The molecule has 5 rings (SSSR count). The van der Waals surface area contributed by atoms with Crippen molar-refractivity contribution in [2.45, 2.75) is 48.8 Å². The van der Waals surface area contributed by atoms with Crippen LogP contribution in [0, 0.1) is 0 Å². The predicted octanol–water partition coefficient (Wildman–Crippen LogP) is 2.35. The van der Waals surface area contributed by atoms with E-state index in [-0.39, 0.29) is 6.10 Å². The van der Waals surface area contributed by atoms with Gasteiger partial charge in [0.2, 0.25) is 5.60 Å². The van der Waals surface area contributed by atoms with E-state index in [1.54, 1.807) is 12.1 Å². The molecule has 0 unspecified atom stereocenters. The average molecular weight is 393 g/mol. The molecule has 3 aliphatic rings. The Morgan fingerprint density at radius 3 is 2.15 bits per heavy atom. The number of hydrogen-bond acceptors (Lipinski definition) is 6. The summed E-state index contributed by atoms with van der Waals surface area (Å²) >= 11 is 2.74. The minimum atomic E-state index is -1.72. The first-order valence-corrected chi connectivity index (χ1v) is 10.7. The van der Waals surface area contributed by atoms with E-state index < -0.39 is 11.6 Å². The highest BCUT2D eigenvalue weighted by Gasteiger charge is 2.71. The van der Waals surface area contributed by atoms with E-state index in [2.05, 4.69) is 14.1 Å². The monoisotopic (exact) mass is 392 g/mol. The number of ether oxygens (including phenoxy) is 2. The SMILES string of the molecule is C[N+]1(C)[C@H]2CC(OC(=O)C(O)(c3cccs3)c3cccs3)C[C@H]1[C@H]1O[C@@H]12. The predicted molar refractivity (Wildman–Crippen MR) is 99.1 cm³/mol. The third-order valence-electron chi connectivity index (χ3n) is 6.36. The fourth-order valence-electron chi connectivity index (χ4n) is 4.83. The van der Waals surface area contributed by atoms with Gasteiger partial charge in [-0.05, 0) is 22.9 Å². The molecule has 2 aromatic heterocycles. The lowest BCUT2D eigenvalue weighted by molar-refractivity contribution is -0.938. The zero-order valence-electron chi connectivity index (χ0n) is 14.7. The fourth-order valence-corrected chi connectivity index (χ4v) is 6.54. The van der Waals surface area contributed by atoms with Gasteiger partial charge in [-0.1, -0.05) is 12.1 Å². The molecular formula is C19H22NO4S2+. The van der Waals surface area contributed by atoms with E-state index in [9.17, 15) is 9.90 Å². The molecule has 1 N–H and O–H groups in total. The normalized spacial score (nSPS) is 34.3. The number of piperidine rings is 1. The summed E-state index contributed by atoms with van der Waals surface area (Å²) in [5.41, 5.74) is -1.72. The van der Waals surface area contributed by atoms with Crippen LogP contribution in [0.2, 0.25) is 0 Å². The van der Waals surface area contributed by atoms with Gasteiger partial charge in [0.1, 0.15) is 30.4 Å². The van der Waals surface area contributed by atoms with Crippen molar-refractivity contribution in [1.82, 2.24) is 0 Å². The van der Waals surface area contributed by atoms with Crippen molar-refractivity contribution in [2.24, 2.45) is 0 Å². The number of aliphatic hydroxyl groups is 1. The molecular weight excluding hydrogens is 370 g/mol. The number of carbonyl (C=O) groups excluding carboxylic acids is 1. The average Bonchev–Trinajstić information content (AvgIpc) is 2.98. The summed E-state index contributed by atoms with van der Waals surface area (Å²) in [6.45, 7) is 0. The zero-order chi connectivity index (χ0) is 18.1. The molecule has 2 bridgehead atoms. The van der Waals surface area contributed by atoms with Gasteiger partial charge >= 0.3 is 5.97 Å². The van der Waals surface area contributed by atoms with Crippen LogP contribution in [0.15, 0.2) is 35.0 Å². The van der Waals surface area contributed by atoms with Crippen LogP contribution in [-0.4, -0.2) is 60.0 Å². The number of esters is 1. The third-order valence-corrected chi connectivity index (χ3v) is 8.32. The summed E-state index contributed by atoms with van der Waals surface area (Å²) in [5, 5.41) is 15.1. The quantitative estimate of drug-likeness (QED) is 0.493. The van der Waals surface area contributed by atoms with Gasteiger partial charge in [0.15, 0.2) is 0 Å². The molecule has 5 nitrogen and oxygen atoms in total. The second kappa shape index (κ2) is 5.62. The highest BCUT2D eigenvalue weighted by atomic mass is 32.1. The van der Waals surface area contributed by atoms with Crippen LogP contribution in [0.4, 0.5) is 0 Å². The molecule has 7 heteroatoms. The second-order valence-corrected chi connectivity index (χ2v) is 9.89. The first-order chi connectivity index (χ1) is 12.4. The molecule has 0 saturated carbocycles. The molecule has 3 fully saturated rings. The molecule has 0 spiro atoms. The van der Waals surface area contributed by atoms with E-state index in [4.69, 9.17) is 9.47 Å². The number of likely N-dealkylation sites (N-methyl/N-ethyl adjacent to an activating group) is 1. The smallest absolute Gasteiger partial charge is 0.349 e. The first kappa shape index (κ1) is 16.9. The summed E-state index contributed by atoms with van der Waals surface area (Å²) in [4.78, 5) is 14.3. The standard InChI is InChI=1S/C19H22NO4S2/c1-20(2)12-9-11(10-13(20)17-16(12)24-17)23-18(21)19(22,14-5-3-7-25-14)15-6-4-8-26-15/h3-8,11-13,16-17,22H,9-10H2,1-2H3/q+1/t12-,13-,16+,17+/m0/s1. The Morgan fingerprint density at radius 2 is 1.69 bits per heavy atom. The molecule has 0 aromatic carbocycles. The summed E-state index contributed by atoms with van der Waals surface area (Å²) in [6.07, 6.45) is 2.05. The highest BCUT2D eigenvalue weighted by molar-refractivity contribution is 7.12. The molecule has 26 heavy (non-hydrogen) atoms. The largest absolute Gasteiger partial charge is 0.459 e. The van der Waals surface area contributed by atoms with Crippen LogP contribution in [-0.2, 0) is 19.9 Å². The highest BCUT2D eigenvalue weighted by Crippen LogP contribution is 2.52. The fraction of sp³-hybridized carbons (Fsp3) is 0.526. The summed E-state index contributed by atoms with van der Waals surface area (Å²) < 4.78 is 12.6. The number of quaternary nitrogens is 1. The van der Waals surface area contributed by atoms with Crippen molar-refractivity contribution in [3.63, 3.8) is 0 Å². The molecule has 2 aromatic rings. The Kier molecular flexibility index (Phi) is 3.65. The van der Waals surface area contributed by atoms with E-state index in [1.807, 2.05) is 22.9 Å². The number of rotatable bonds is 4. The molecule has 4 atom stereocenters. The number of nitrogens with zero attached hydrogens (tertiary/aromatic N) is 1. The summed E-state index contributed by atoms with van der Waals surface area (Å²) in [7, 11) is 4.49. The summed E-state index contributed by atoms with van der Waals surface area (Å²) in [5.74, 6) is -0.561. The maximum atomic E-state index is 13.1. The van der Waals surface area contributed by atoms with Crippen LogP contribution in [0.25, 0.3) is 0 Å². The Morgan fingerprint density at radius 1 is 1.15 bits per heavy atom. The van der Waals surface area contributed by atoms with Gasteiger partial charge < -0.3 is 19.1 Å². The van der Waals surface area contributed by atoms with Gasteiger partial charge in [0, 0.05) is 12.8 Å². The Labute approximate surface area is 160 Å². The zero-order valence-corrected chi connectivity index (χ0v) is 16.3. The summed E-state index contributed by atoms with van der Waals surface area (Å²) in [6, 6.07) is 8.01. The maximum Gasteiger partial charge on any atom is 0.349 e. The van der Waals surface area contributed by atoms with Gasteiger partial charge in [0.05, 0.1) is 23.8 Å². The van der Waals surface area contributed by atoms with Crippen molar-refractivity contribution >= 4 is 28.6 Å². The third kappa shape index (κ3) is 2.28. The number of fused-ring (bicyclic) bond motifs is 5. The lowest BCUT2D eigenvalue weighted by Crippen LogP contribution is -2.60. The molecule has 0 aliphatic carbocycles. The van der Waals surface area contributed by atoms with Crippen molar-refractivity contribution in [3.05, 3.63) is 44.8 Å². The molecule has 3 saturated heterocycles. The van der Waals surface area contributed by atoms with Crippen LogP contribution in [0.3, 0.4) is 0 Å². The van der Waals surface area contributed by atoms with E-state index in [0.717, 1.165) is 17.3 Å². The van der Waals surface area contributed by atoms with Gasteiger partial charge in [-0.3, -0.25) is 0 Å². The minimum absolute atomic E-state index is 0.161. The number of carbonyl (C=O) groups is 1. The van der Waals surface area contributed by atoms with E-state index >= 15 is 0 Å². The maximum absolute atomic E-state index is 13.1. The van der Waals surface area contributed by atoms with Crippen molar-refractivity contribution in [3.8, 4) is 0 Å². The molecule has 3 aliphatic heterocycles. The Balaban J connectivity index is 1.40. The molecule has 0 radical (unpaired) electrons. The Bertz CT molecular complexity index is 762. The topological polar surface area (TPSA) is 59.1 Å². The lowest BCUT2D eigenvalue weighted by Gasteiger charge is -2.45. The molecule has 0 amide bonds. The van der Waals surface area contributed by atoms with Crippen LogP contribution >= 0.6 is 22.7 Å². The van der Waals surface area contributed by atoms with E-state index in [1.165, 1.54) is 22.7 Å². The number of epoxide rings is 1. The van der Waals surface area contributed by atoms with E-state index in [0.29, 0.717) is 34.0 Å². The van der Waals surface area contributed by atoms with Crippen LogP contribution in [0.5, 0.6) is 0 Å². The second-order valence-electron chi connectivity index (χ2n) is 7.99. The van der Waals surface area contributed by atoms with Crippen molar-refractivity contribution in [1.29, 1.82) is 0 Å². The van der Waals surface area contributed by atoms with Crippen molar-refractivity contribution < 1.29 is 23.9 Å². The van der Waals surface area contributed by atoms with Gasteiger partial charge in [0.25, 0.3) is 0 Å². The van der Waals surface area contributed by atoms with Crippen molar-refractivity contribution in [2.75, 3.05) is 14.1 Å².